The van der Waals surface area contributed by atoms with Crippen molar-refractivity contribution >= 4 is 5.97 Å². The number of carbonyl (C=O) groups excluding carboxylic acids is 1. The Morgan fingerprint density at radius 1 is 1.21 bits per heavy atom. The van der Waals surface area contributed by atoms with Gasteiger partial charge >= 0.3 is 5.97 Å². The van der Waals surface area contributed by atoms with Crippen molar-refractivity contribution < 1.29 is 9.53 Å². The highest BCUT2D eigenvalue weighted by molar-refractivity contribution is 5.71. The van der Waals surface area contributed by atoms with Crippen molar-refractivity contribution in [3.05, 3.63) is 34.4 Å². The fraction of sp³-hybridized carbons (Fsp3) is 0.562. The minimum atomic E-state index is -0.0469. The van der Waals surface area contributed by atoms with E-state index in [1.54, 1.807) is 0 Å². The topological polar surface area (TPSA) is 29.5 Å². The quantitative estimate of drug-likeness (QED) is 0.726. The fourth-order valence-corrected chi connectivity index (χ4v) is 3.32. The molecule has 1 saturated heterocycles. The Bertz CT molecular complexity index is 524. The summed E-state index contributed by atoms with van der Waals surface area (Å²) in [5.41, 5.74) is 5.46. The summed E-state index contributed by atoms with van der Waals surface area (Å²) in [5, 5.41) is 0. The van der Waals surface area contributed by atoms with Gasteiger partial charge in [0.2, 0.25) is 0 Å². The Labute approximate surface area is 114 Å². The van der Waals surface area contributed by atoms with E-state index >= 15 is 0 Å². The van der Waals surface area contributed by atoms with Gasteiger partial charge in [-0.05, 0) is 56.0 Å². The molecule has 3 heteroatoms. The van der Waals surface area contributed by atoms with Crippen LogP contribution in [0.2, 0.25) is 0 Å². The van der Waals surface area contributed by atoms with Gasteiger partial charge in [-0.25, -0.2) is 0 Å². The van der Waals surface area contributed by atoms with Crippen LogP contribution in [-0.2, 0) is 16.0 Å². The van der Waals surface area contributed by atoms with Gasteiger partial charge in [-0.3, -0.25) is 9.69 Å². The van der Waals surface area contributed by atoms with Crippen LogP contribution in [0, 0.1) is 13.8 Å². The highest BCUT2D eigenvalue weighted by Crippen LogP contribution is 2.37. The van der Waals surface area contributed by atoms with Crippen LogP contribution in [0.25, 0.3) is 0 Å². The molecular formula is C16H21NO2. The van der Waals surface area contributed by atoms with Crippen LogP contribution in [0.15, 0.2) is 12.1 Å². The summed E-state index contributed by atoms with van der Waals surface area (Å²) in [6.45, 7) is 5.36. The molecule has 1 aromatic carbocycles. The number of esters is 1. The Hall–Kier alpha value is -1.35. The first-order valence-corrected chi connectivity index (χ1v) is 7.06. The zero-order valence-electron chi connectivity index (χ0n) is 11.9. The number of nitrogens with zero attached hydrogens (tertiary/aromatic N) is 1. The number of benzene rings is 1. The highest BCUT2D eigenvalue weighted by atomic mass is 16.6. The minimum Gasteiger partial charge on any atom is -0.460 e. The highest BCUT2D eigenvalue weighted by Gasteiger charge is 2.37. The smallest absolute Gasteiger partial charge is 0.306 e. The molecule has 1 aromatic rings. The van der Waals surface area contributed by atoms with Gasteiger partial charge in [0.1, 0.15) is 6.10 Å². The predicted octanol–water partition coefficient (Wildman–Crippen LogP) is 2.54. The van der Waals surface area contributed by atoms with E-state index in [1.807, 2.05) is 0 Å². The standard InChI is InChI=1S/C16H21NO2/c1-10-8-12-6-7-17(3)16(13(12)9-11(10)2)14-4-5-15(18)19-14/h8-9,14,16H,4-7H2,1-3H3. The lowest BCUT2D eigenvalue weighted by molar-refractivity contribution is -0.143. The summed E-state index contributed by atoms with van der Waals surface area (Å²) >= 11 is 0. The number of ether oxygens (including phenoxy) is 1. The molecule has 19 heavy (non-hydrogen) atoms. The maximum atomic E-state index is 11.4. The monoisotopic (exact) mass is 259 g/mol. The van der Waals surface area contributed by atoms with Gasteiger partial charge in [0.15, 0.2) is 0 Å². The van der Waals surface area contributed by atoms with Gasteiger partial charge in [0, 0.05) is 13.0 Å². The van der Waals surface area contributed by atoms with E-state index in [-0.39, 0.29) is 18.1 Å². The summed E-state index contributed by atoms with van der Waals surface area (Å²) in [7, 11) is 2.13. The number of likely N-dealkylation sites (N-methyl/N-ethyl adjacent to an activating group) is 1. The van der Waals surface area contributed by atoms with Gasteiger partial charge in [-0.1, -0.05) is 12.1 Å². The summed E-state index contributed by atoms with van der Waals surface area (Å²) in [5.74, 6) is -0.0469. The van der Waals surface area contributed by atoms with E-state index in [2.05, 4.69) is 37.9 Å². The van der Waals surface area contributed by atoms with Crippen molar-refractivity contribution in [3.63, 3.8) is 0 Å². The van der Waals surface area contributed by atoms with Gasteiger partial charge in [-0.15, -0.1) is 0 Å². The second-order valence-electron chi connectivity index (χ2n) is 5.88. The number of carbonyl (C=O) groups is 1. The van der Waals surface area contributed by atoms with E-state index in [0.717, 1.165) is 19.4 Å². The molecule has 2 atom stereocenters. The molecule has 2 heterocycles. The van der Waals surface area contributed by atoms with Crippen molar-refractivity contribution in [2.75, 3.05) is 13.6 Å². The van der Waals surface area contributed by atoms with Crippen molar-refractivity contribution in [2.24, 2.45) is 0 Å². The SMILES string of the molecule is Cc1cc2c(cc1C)C(C1CCC(=O)O1)N(C)CC2. The Balaban J connectivity index is 2.01. The Morgan fingerprint density at radius 3 is 2.63 bits per heavy atom. The molecule has 102 valence electrons. The Morgan fingerprint density at radius 2 is 1.95 bits per heavy atom. The third kappa shape index (κ3) is 2.16. The van der Waals surface area contributed by atoms with Crippen molar-refractivity contribution in [3.8, 4) is 0 Å². The molecule has 3 nitrogen and oxygen atoms in total. The number of fused-ring (bicyclic) bond motifs is 1. The molecule has 3 rings (SSSR count). The average Bonchev–Trinajstić information content (AvgIpc) is 2.78. The molecule has 0 bridgehead atoms. The Kier molecular flexibility index (Phi) is 3.09. The van der Waals surface area contributed by atoms with Crippen LogP contribution in [-0.4, -0.2) is 30.6 Å². The zero-order valence-corrected chi connectivity index (χ0v) is 11.9. The molecule has 0 aromatic heterocycles. The largest absolute Gasteiger partial charge is 0.460 e. The van der Waals surface area contributed by atoms with E-state index in [4.69, 9.17) is 4.74 Å². The van der Waals surface area contributed by atoms with Crippen LogP contribution >= 0.6 is 0 Å². The average molecular weight is 259 g/mol. The number of hydrogen-bond donors (Lipinski definition) is 0. The van der Waals surface area contributed by atoms with Crippen LogP contribution in [0.1, 0.15) is 41.1 Å². The molecule has 2 aliphatic heterocycles. The van der Waals surface area contributed by atoms with Crippen LogP contribution < -0.4 is 0 Å². The second-order valence-corrected chi connectivity index (χ2v) is 5.88. The molecule has 1 fully saturated rings. The molecule has 0 radical (unpaired) electrons. The molecule has 0 N–H and O–H groups in total. The molecular weight excluding hydrogens is 238 g/mol. The van der Waals surface area contributed by atoms with Crippen LogP contribution in [0.4, 0.5) is 0 Å². The van der Waals surface area contributed by atoms with Crippen molar-refractivity contribution in [2.45, 2.75) is 45.3 Å². The third-order valence-electron chi connectivity index (χ3n) is 4.55. The van der Waals surface area contributed by atoms with Gasteiger partial charge in [0.25, 0.3) is 0 Å². The lowest BCUT2D eigenvalue weighted by Gasteiger charge is -2.37. The first-order chi connectivity index (χ1) is 9.06. The molecule has 0 spiro atoms. The maximum absolute atomic E-state index is 11.4. The van der Waals surface area contributed by atoms with Crippen molar-refractivity contribution in [1.82, 2.24) is 4.90 Å². The van der Waals surface area contributed by atoms with Crippen LogP contribution in [0.3, 0.4) is 0 Å². The first kappa shape index (κ1) is 12.7. The van der Waals surface area contributed by atoms with Gasteiger partial charge in [0.05, 0.1) is 6.04 Å². The number of hydrogen-bond acceptors (Lipinski definition) is 3. The van der Waals surface area contributed by atoms with Crippen LogP contribution in [0.5, 0.6) is 0 Å². The number of rotatable bonds is 1. The van der Waals surface area contributed by atoms with Gasteiger partial charge < -0.3 is 4.74 Å². The first-order valence-electron chi connectivity index (χ1n) is 7.06. The molecule has 2 unspecified atom stereocenters. The predicted molar refractivity (Wildman–Crippen MR) is 74.1 cm³/mol. The molecule has 0 amide bonds. The third-order valence-corrected chi connectivity index (χ3v) is 4.55. The molecule has 0 aliphatic carbocycles. The lowest BCUT2D eigenvalue weighted by atomic mass is 9.86. The van der Waals surface area contributed by atoms with E-state index in [9.17, 15) is 4.79 Å². The second kappa shape index (κ2) is 4.64. The zero-order chi connectivity index (χ0) is 13.6. The summed E-state index contributed by atoms with van der Waals surface area (Å²) < 4.78 is 5.52. The molecule has 2 aliphatic rings. The number of cyclic esters (lactones) is 1. The minimum absolute atomic E-state index is 0.0265. The summed E-state index contributed by atoms with van der Waals surface area (Å²) in [4.78, 5) is 13.7. The normalized spacial score (nSPS) is 27.2. The lowest BCUT2D eigenvalue weighted by Crippen LogP contribution is -2.39. The van der Waals surface area contributed by atoms with E-state index in [1.165, 1.54) is 22.3 Å². The van der Waals surface area contributed by atoms with Gasteiger partial charge in [-0.2, -0.15) is 0 Å². The maximum Gasteiger partial charge on any atom is 0.306 e. The van der Waals surface area contributed by atoms with E-state index in [0.29, 0.717) is 6.42 Å². The molecule has 0 saturated carbocycles. The number of aryl methyl sites for hydroxylation is 2. The van der Waals surface area contributed by atoms with E-state index < -0.39 is 0 Å². The summed E-state index contributed by atoms with van der Waals surface area (Å²) in [6.07, 6.45) is 2.53. The van der Waals surface area contributed by atoms with Crippen molar-refractivity contribution in [1.29, 1.82) is 0 Å². The summed E-state index contributed by atoms with van der Waals surface area (Å²) in [6, 6.07) is 4.83. The fourth-order valence-electron chi connectivity index (χ4n) is 3.32.